The summed E-state index contributed by atoms with van der Waals surface area (Å²) in [6.07, 6.45) is 0. The van der Waals surface area contributed by atoms with Gasteiger partial charge in [0, 0.05) is 10.5 Å². The molecule has 1 aromatic carbocycles. The topological polar surface area (TPSA) is 83.5 Å². The molecule has 0 aliphatic heterocycles. The van der Waals surface area contributed by atoms with E-state index >= 15 is 0 Å². The molecule has 0 fully saturated rings. The van der Waals surface area contributed by atoms with Gasteiger partial charge in [0.15, 0.2) is 0 Å². The van der Waals surface area contributed by atoms with Crippen LogP contribution in [-0.4, -0.2) is 25.5 Å². The molecule has 0 saturated carbocycles. The summed E-state index contributed by atoms with van der Waals surface area (Å²) >= 11 is 3.19. The van der Waals surface area contributed by atoms with Crippen LogP contribution in [0.5, 0.6) is 0 Å². The first-order chi connectivity index (χ1) is 8.24. The molecule has 18 heavy (non-hydrogen) atoms. The maximum Gasteiger partial charge on any atom is 0.307 e. The molecule has 1 aromatic rings. The zero-order chi connectivity index (χ0) is 13.9. The van der Waals surface area contributed by atoms with E-state index in [1.54, 1.807) is 12.1 Å². The smallest absolute Gasteiger partial charge is 0.307 e. The molecule has 0 spiro atoms. The number of carbonyl (C=O) groups is 1. The Bertz CT molecular complexity index is 544. The summed E-state index contributed by atoms with van der Waals surface area (Å²) in [5, 5.41) is 8.82. The highest BCUT2D eigenvalue weighted by atomic mass is 79.9. The van der Waals surface area contributed by atoms with Gasteiger partial charge in [0.25, 0.3) is 0 Å². The molecule has 2 unspecified atom stereocenters. The molecule has 0 heterocycles. The van der Waals surface area contributed by atoms with Gasteiger partial charge in [-0.25, -0.2) is 13.1 Å². The molecule has 7 heteroatoms. The van der Waals surface area contributed by atoms with Crippen molar-refractivity contribution >= 4 is 31.9 Å². The Morgan fingerprint density at radius 2 is 2.00 bits per heavy atom. The molecule has 2 N–H and O–H groups in total. The highest BCUT2D eigenvalue weighted by Crippen LogP contribution is 2.17. The zero-order valence-corrected chi connectivity index (χ0v) is 12.3. The van der Waals surface area contributed by atoms with Gasteiger partial charge in [-0.2, -0.15) is 0 Å². The van der Waals surface area contributed by atoms with E-state index in [2.05, 4.69) is 20.7 Å². The average molecular weight is 336 g/mol. The first kappa shape index (κ1) is 15.1. The van der Waals surface area contributed by atoms with Gasteiger partial charge >= 0.3 is 5.97 Å². The van der Waals surface area contributed by atoms with E-state index in [0.29, 0.717) is 4.47 Å². The van der Waals surface area contributed by atoms with Crippen molar-refractivity contribution in [1.82, 2.24) is 4.72 Å². The summed E-state index contributed by atoms with van der Waals surface area (Å²) in [6.45, 7) is 2.98. The van der Waals surface area contributed by atoms with Gasteiger partial charge in [0.1, 0.15) is 0 Å². The van der Waals surface area contributed by atoms with Crippen LogP contribution in [0.1, 0.15) is 13.8 Å². The summed E-state index contributed by atoms with van der Waals surface area (Å²) in [5.41, 5.74) is 0. The van der Waals surface area contributed by atoms with Crippen LogP contribution >= 0.6 is 15.9 Å². The number of hydrogen-bond donors (Lipinski definition) is 2. The molecular weight excluding hydrogens is 322 g/mol. The molecule has 1 rings (SSSR count). The van der Waals surface area contributed by atoms with Crippen molar-refractivity contribution in [3.63, 3.8) is 0 Å². The van der Waals surface area contributed by atoms with E-state index in [0.717, 1.165) is 0 Å². The third kappa shape index (κ3) is 3.79. The second-order valence-corrected chi connectivity index (χ2v) is 6.62. The predicted octanol–water partition coefficient (Wildman–Crippen LogP) is 1.84. The van der Waals surface area contributed by atoms with Gasteiger partial charge in [-0.05, 0) is 25.1 Å². The summed E-state index contributed by atoms with van der Waals surface area (Å²) in [4.78, 5) is 10.9. The first-order valence-electron chi connectivity index (χ1n) is 5.25. The number of nitrogens with one attached hydrogen (secondary N) is 1. The molecule has 0 aromatic heterocycles. The molecule has 0 saturated heterocycles. The fourth-order valence-corrected chi connectivity index (χ4v) is 3.18. The standard InChI is InChI=1S/C11H14BrNO4S/c1-7(11(14)15)8(2)13-18(16,17)10-5-3-4-9(12)6-10/h3-8,13H,1-2H3,(H,14,15). The molecule has 0 aliphatic carbocycles. The molecule has 0 amide bonds. The van der Waals surface area contributed by atoms with Crippen LogP contribution in [0, 0.1) is 5.92 Å². The zero-order valence-electron chi connectivity index (χ0n) is 9.92. The first-order valence-corrected chi connectivity index (χ1v) is 7.52. The number of carboxylic acids is 1. The van der Waals surface area contributed by atoms with Gasteiger partial charge in [0.05, 0.1) is 10.8 Å². The second kappa shape index (κ2) is 5.81. The van der Waals surface area contributed by atoms with Crippen molar-refractivity contribution in [3.05, 3.63) is 28.7 Å². The Morgan fingerprint density at radius 3 is 2.50 bits per heavy atom. The monoisotopic (exact) mass is 335 g/mol. The summed E-state index contributed by atoms with van der Waals surface area (Å²) in [7, 11) is -3.70. The lowest BCUT2D eigenvalue weighted by Gasteiger charge is -2.17. The van der Waals surface area contributed by atoms with Crippen LogP contribution in [0.3, 0.4) is 0 Å². The fourth-order valence-electron chi connectivity index (χ4n) is 1.26. The Kier molecular flexibility index (Phi) is 4.89. The lowest BCUT2D eigenvalue weighted by atomic mass is 10.1. The molecular formula is C11H14BrNO4S. The van der Waals surface area contributed by atoms with Crippen LogP contribution in [0.4, 0.5) is 0 Å². The lowest BCUT2D eigenvalue weighted by molar-refractivity contribution is -0.141. The minimum absolute atomic E-state index is 0.0984. The highest BCUT2D eigenvalue weighted by Gasteiger charge is 2.25. The van der Waals surface area contributed by atoms with Gasteiger partial charge in [0.2, 0.25) is 10.0 Å². The molecule has 100 valence electrons. The number of hydrogen-bond acceptors (Lipinski definition) is 3. The van der Waals surface area contributed by atoms with Crippen molar-refractivity contribution in [2.75, 3.05) is 0 Å². The number of sulfonamides is 1. The lowest BCUT2D eigenvalue weighted by Crippen LogP contribution is -2.39. The van der Waals surface area contributed by atoms with Crippen molar-refractivity contribution in [2.24, 2.45) is 5.92 Å². The summed E-state index contributed by atoms with van der Waals surface area (Å²) < 4.78 is 27.0. The molecule has 2 atom stereocenters. The third-order valence-electron chi connectivity index (χ3n) is 2.59. The number of carboxylic acid groups (broad SMARTS) is 1. The van der Waals surface area contributed by atoms with Gasteiger partial charge in [-0.3, -0.25) is 4.79 Å². The maximum absolute atomic E-state index is 12.0. The van der Waals surface area contributed by atoms with E-state index in [4.69, 9.17) is 5.11 Å². The van der Waals surface area contributed by atoms with E-state index in [1.165, 1.54) is 26.0 Å². The summed E-state index contributed by atoms with van der Waals surface area (Å²) in [5.74, 6) is -1.84. The van der Waals surface area contributed by atoms with E-state index in [9.17, 15) is 13.2 Å². The van der Waals surface area contributed by atoms with Gasteiger partial charge < -0.3 is 5.11 Å². The second-order valence-electron chi connectivity index (χ2n) is 3.99. The van der Waals surface area contributed by atoms with Crippen molar-refractivity contribution in [1.29, 1.82) is 0 Å². The number of aliphatic carboxylic acids is 1. The molecule has 5 nitrogen and oxygen atoms in total. The number of rotatable bonds is 5. The SMILES string of the molecule is CC(NS(=O)(=O)c1cccc(Br)c1)C(C)C(=O)O. The molecule has 0 aliphatic rings. The normalized spacial score (nSPS) is 15.1. The fraction of sp³-hybridized carbons (Fsp3) is 0.364. The van der Waals surface area contributed by atoms with Crippen LogP contribution in [-0.2, 0) is 14.8 Å². The quantitative estimate of drug-likeness (QED) is 0.859. The van der Waals surface area contributed by atoms with Gasteiger partial charge in [-0.1, -0.05) is 28.9 Å². The number of halogens is 1. The maximum atomic E-state index is 12.0. The van der Waals surface area contributed by atoms with Crippen LogP contribution in [0.25, 0.3) is 0 Å². The largest absolute Gasteiger partial charge is 0.481 e. The van der Waals surface area contributed by atoms with Crippen LogP contribution in [0.15, 0.2) is 33.6 Å². The van der Waals surface area contributed by atoms with Gasteiger partial charge in [-0.15, -0.1) is 0 Å². The number of benzene rings is 1. The van der Waals surface area contributed by atoms with Crippen LogP contribution < -0.4 is 4.72 Å². The Balaban J connectivity index is 2.92. The predicted molar refractivity (Wildman–Crippen MR) is 70.7 cm³/mol. The average Bonchev–Trinajstić information content (AvgIpc) is 2.27. The third-order valence-corrected chi connectivity index (χ3v) is 4.64. The van der Waals surface area contributed by atoms with E-state index in [-0.39, 0.29) is 4.90 Å². The van der Waals surface area contributed by atoms with Crippen LogP contribution in [0.2, 0.25) is 0 Å². The Labute approximate surface area is 114 Å². The van der Waals surface area contributed by atoms with Crippen molar-refractivity contribution in [3.8, 4) is 0 Å². The minimum atomic E-state index is -3.70. The molecule has 0 radical (unpaired) electrons. The summed E-state index contributed by atoms with van der Waals surface area (Å²) in [6, 6.07) is 5.53. The van der Waals surface area contributed by atoms with E-state index < -0.39 is 28.0 Å². The highest BCUT2D eigenvalue weighted by molar-refractivity contribution is 9.10. The van der Waals surface area contributed by atoms with Crippen molar-refractivity contribution in [2.45, 2.75) is 24.8 Å². The Hall–Kier alpha value is -0.920. The molecule has 0 bridgehead atoms. The van der Waals surface area contributed by atoms with Crippen molar-refractivity contribution < 1.29 is 18.3 Å². The van der Waals surface area contributed by atoms with E-state index in [1.807, 2.05) is 0 Å². The Morgan fingerprint density at radius 1 is 1.39 bits per heavy atom. The minimum Gasteiger partial charge on any atom is -0.481 e.